The zero-order chi connectivity index (χ0) is 14.1. The molecule has 1 N–H and O–H groups in total. The van der Waals surface area contributed by atoms with E-state index in [-0.39, 0.29) is 5.41 Å². The molecule has 0 aliphatic carbocycles. The highest BCUT2D eigenvalue weighted by Gasteiger charge is 2.42. The Morgan fingerprint density at radius 2 is 1.84 bits per heavy atom. The minimum Gasteiger partial charge on any atom is -0.383 e. The van der Waals surface area contributed by atoms with Gasteiger partial charge in [0, 0.05) is 4.47 Å². The molecule has 1 aromatic carbocycles. The Labute approximate surface area is 121 Å². The van der Waals surface area contributed by atoms with Crippen molar-refractivity contribution in [3.05, 3.63) is 47.0 Å². The average Bonchev–Trinajstić information content (AvgIpc) is 2.81. The first kappa shape index (κ1) is 14.2. The molecule has 0 amide bonds. The largest absolute Gasteiger partial charge is 0.383 e. The second kappa shape index (κ2) is 5.06. The molecule has 5 heteroatoms. The van der Waals surface area contributed by atoms with Gasteiger partial charge in [0.25, 0.3) is 0 Å². The van der Waals surface area contributed by atoms with Crippen LogP contribution in [0.1, 0.15) is 26.3 Å². The maximum atomic E-state index is 11.2. The van der Waals surface area contributed by atoms with Crippen molar-refractivity contribution in [2.24, 2.45) is 5.41 Å². The predicted molar refractivity (Wildman–Crippen MR) is 77.5 cm³/mol. The van der Waals surface area contributed by atoms with Crippen LogP contribution in [0, 0.1) is 5.41 Å². The molecule has 102 valence electrons. The number of nitrogens with zero attached hydrogens (tertiary/aromatic N) is 3. The molecule has 0 saturated carbocycles. The van der Waals surface area contributed by atoms with Gasteiger partial charge in [0.05, 0.1) is 6.54 Å². The van der Waals surface area contributed by atoms with Gasteiger partial charge in [-0.15, -0.1) is 0 Å². The number of rotatable bonds is 3. The molecular formula is C14H18BrN3O. The van der Waals surface area contributed by atoms with Gasteiger partial charge in [0.15, 0.2) is 0 Å². The molecule has 1 atom stereocenters. The summed E-state index contributed by atoms with van der Waals surface area (Å²) in [5.41, 5.74) is -0.465. The lowest BCUT2D eigenvalue weighted by atomic mass is 9.72. The highest BCUT2D eigenvalue weighted by atomic mass is 79.9. The molecule has 0 saturated heterocycles. The van der Waals surface area contributed by atoms with Crippen molar-refractivity contribution in [1.82, 2.24) is 14.8 Å². The van der Waals surface area contributed by atoms with Crippen LogP contribution in [0.25, 0.3) is 0 Å². The number of hydrogen-bond acceptors (Lipinski definition) is 3. The third-order valence-corrected chi connectivity index (χ3v) is 3.95. The van der Waals surface area contributed by atoms with E-state index in [2.05, 4.69) is 26.0 Å². The zero-order valence-electron chi connectivity index (χ0n) is 11.3. The maximum absolute atomic E-state index is 11.2. The molecule has 19 heavy (non-hydrogen) atoms. The first-order chi connectivity index (χ1) is 8.83. The Morgan fingerprint density at radius 3 is 2.32 bits per heavy atom. The molecule has 0 bridgehead atoms. The number of aliphatic hydroxyl groups is 1. The normalized spacial score (nSPS) is 15.2. The first-order valence-electron chi connectivity index (χ1n) is 6.14. The zero-order valence-corrected chi connectivity index (χ0v) is 12.9. The van der Waals surface area contributed by atoms with E-state index in [9.17, 15) is 5.11 Å². The van der Waals surface area contributed by atoms with E-state index < -0.39 is 5.60 Å². The van der Waals surface area contributed by atoms with Crippen molar-refractivity contribution >= 4 is 15.9 Å². The highest BCUT2D eigenvalue weighted by molar-refractivity contribution is 9.10. The van der Waals surface area contributed by atoms with Crippen molar-refractivity contribution in [2.75, 3.05) is 0 Å². The summed E-state index contributed by atoms with van der Waals surface area (Å²) in [5, 5.41) is 15.3. The number of hydrogen-bond donors (Lipinski definition) is 1. The Bertz CT molecular complexity index is 531. The second-order valence-corrected chi connectivity index (χ2v) is 6.63. The summed E-state index contributed by atoms with van der Waals surface area (Å²) in [6.45, 7) is 6.43. The lowest BCUT2D eigenvalue weighted by Gasteiger charge is -2.40. The Kier molecular flexibility index (Phi) is 3.78. The standard InChI is InChI=1S/C14H18BrN3O/c1-13(2,3)14(19,8-18-10-16-9-17-18)11-4-6-12(15)7-5-11/h4-7,9-10,19H,8H2,1-3H3. The molecular weight excluding hydrogens is 306 g/mol. The van der Waals surface area contributed by atoms with Gasteiger partial charge in [0.2, 0.25) is 0 Å². The summed E-state index contributed by atoms with van der Waals surface area (Å²) in [6.07, 6.45) is 3.10. The van der Waals surface area contributed by atoms with E-state index in [1.54, 1.807) is 11.0 Å². The third-order valence-electron chi connectivity index (χ3n) is 3.42. The van der Waals surface area contributed by atoms with E-state index in [0.717, 1.165) is 10.0 Å². The van der Waals surface area contributed by atoms with Crippen LogP contribution in [-0.2, 0) is 12.1 Å². The SMILES string of the molecule is CC(C)(C)C(O)(Cn1cncn1)c1ccc(Br)cc1. The molecule has 0 fully saturated rings. The van der Waals surface area contributed by atoms with Crippen molar-refractivity contribution in [2.45, 2.75) is 32.9 Å². The summed E-state index contributed by atoms with van der Waals surface area (Å²) in [4.78, 5) is 3.93. The van der Waals surface area contributed by atoms with E-state index in [4.69, 9.17) is 0 Å². The van der Waals surface area contributed by atoms with Crippen LogP contribution in [0.4, 0.5) is 0 Å². The molecule has 1 heterocycles. The minimum atomic E-state index is -1.01. The molecule has 0 aliphatic rings. The van der Waals surface area contributed by atoms with Crippen LogP contribution in [0.15, 0.2) is 41.4 Å². The van der Waals surface area contributed by atoms with E-state index in [1.807, 2.05) is 45.0 Å². The topological polar surface area (TPSA) is 50.9 Å². The van der Waals surface area contributed by atoms with Crippen LogP contribution in [0.5, 0.6) is 0 Å². The molecule has 1 aromatic heterocycles. The van der Waals surface area contributed by atoms with Crippen LogP contribution in [0.3, 0.4) is 0 Å². The van der Waals surface area contributed by atoms with Crippen LogP contribution < -0.4 is 0 Å². The summed E-state index contributed by atoms with van der Waals surface area (Å²) in [6, 6.07) is 7.75. The fourth-order valence-corrected chi connectivity index (χ4v) is 2.30. The van der Waals surface area contributed by atoms with E-state index in [1.165, 1.54) is 6.33 Å². The van der Waals surface area contributed by atoms with Gasteiger partial charge in [-0.2, -0.15) is 5.10 Å². The number of aromatic nitrogens is 3. The molecule has 0 aliphatic heterocycles. The van der Waals surface area contributed by atoms with Gasteiger partial charge in [-0.3, -0.25) is 0 Å². The lowest BCUT2D eigenvalue weighted by Crippen LogP contribution is -2.43. The fourth-order valence-electron chi connectivity index (χ4n) is 2.04. The van der Waals surface area contributed by atoms with Gasteiger partial charge >= 0.3 is 0 Å². The summed E-state index contributed by atoms with van der Waals surface area (Å²) >= 11 is 3.41. The first-order valence-corrected chi connectivity index (χ1v) is 6.93. The van der Waals surface area contributed by atoms with Gasteiger partial charge in [-0.1, -0.05) is 48.8 Å². The minimum absolute atomic E-state index is 0.327. The van der Waals surface area contributed by atoms with Crippen molar-refractivity contribution < 1.29 is 5.11 Å². The molecule has 2 rings (SSSR count). The lowest BCUT2D eigenvalue weighted by molar-refractivity contribution is -0.0804. The van der Waals surface area contributed by atoms with E-state index in [0.29, 0.717) is 6.54 Å². The Morgan fingerprint density at radius 1 is 1.21 bits per heavy atom. The Balaban J connectivity index is 2.43. The number of benzene rings is 1. The van der Waals surface area contributed by atoms with Crippen molar-refractivity contribution in [3.63, 3.8) is 0 Å². The summed E-state index contributed by atoms with van der Waals surface area (Å²) in [7, 11) is 0. The molecule has 1 unspecified atom stereocenters. The monoisotopic (exact) mass is 323 g/mol. The third kappa shape index (κ3) is 2.87. The van der Waals surface area contributed by atoms with Gasteiger partial charge < -0.3 is 5.11 Å². The highest BCUT2D eigenvalue weighted by Crippen LogP contribution is 2.40. The Hall–Kier alpha value is -1.20. The van der Waals surface area contributed by atoms with Gasteiger partial charge in [0.1, 0.15) is 18.3 Å². The van der Waals surface area contributed by atoms with Gasteiger partial charge in [-0.05, 0) is 23.1 Å². The van der Waals surface area contributed by atoms with Crippen LogP contribution in [-0.4, -0.2) is 19.9 Å². The smallest absolute Gasteiger partial charge is 0.137 e. The number of halogens is 1. The average molecular weight is 324 g/mol. The maximum Gasteiger partial charge on any atom is 0.137 e. The summed E-state index contributed by atoms with van der Waals surface area (Å²) in [5.74, 6) is 0. The fraction of sp³-hybridized carbons (Fsp3) is 0.429. The van der Waals surface area contributed by atoms with Crippen LogP contribution in [0.2, 0.25) is 0 Å². The van der Waals surface area contributed by atoms with Crippen LogP contribution >= 0.6 is 15.9 Å². The molecule has 0 spiro atoms. The second-order valence-electron chi connectivity index (χ2n) is 5.71. The van der Waals surface area contributed by atoms with Crippen molar-refractivity contribution in [1.29, 1.82) is 0 Å². The van der Waals surface area contributed by atoms with E-state index >= 15 is 0 Å². The van der Waals surface area contributed by atoms with Gasteiger partial charge in [-0.25, -0.2) is 9.67 Å². The summed E-state index contributed by atoms with van der Waals surface area (Å²) < 4.78 is 2.65. The predicted octanol–water partition coefficient (Wildman–Crippen LogP) is 2.97. The molecule has 0 radical (unpaired) electrons. The van der Waals surface area contributed by atoms with Crippen molar-refractivity contribution in [3.8, 4) is 0 Å². The quantitative estimate of drug-likeness (QED) is 0.944. The molecule has 2 aromatic rings. The molecule has 4 nitrogen and oxygen atoms in total.